The molecule has 5 rings (SSSR count). The Kier molecular flexibility index (Phi) is 6.04. The van der Waals surface area contributed by atoms with Gasteiger partial charge in [0.15, 0.2) is 0 Å². The molecule has 0 saturated carbocycles. The van der Waals surface area contributed by atoms with E-state index in [0.717, 1.165) is 10.8 Å². The second-order valence-corrected chi connectivity index (χ2v) is 10.2. The Bertz CT molecular complexity index is 1400. The van der Waals surface area contributed by atoms with Gasteiger partial charge in [-0.1, -0.05) is 42.5 Å². The lowest BCUT2D eigenvalue weighted by atomic mass is 9.99. The summed E-state index contributed by atoms with van der Waals surface area (Å²) >= 11 is 0. The molecule has 1 aliphatic rings. The number of benzene rings is 2. The van der Waals surface area contributed by atoms with Crippen LogP contribution in [0.1, 0.15) is 44.6 Å². The van der Waals surface area contributed by atoms with E-state index in [1.807, 2.05) is 63.2 Å². The molecular weight excluding hydrogens is 468 g/mol. The van der Waals surface area contributed by atoms with E-state index in [1.165, 1.54) is 10.7 Å². The summed E-state index contributed by atoms with van der Waals surface area (Å²) in [7, 11) is 1.64. The van der Waals surface area contributed by atoms with E-state index in [2.05, 4.69) is 15.1 Å². The van der Waals surface area contributed by atoms with Gasteiger partial charge in [-0.05, 0) is 44.2 Å². The number of rotatable bonds is 6. The summed E-state index contributed by atoms with van der Waals surface area (Å²) in [5.74, 6) is -2.58. The van der Waals surface area contributed by atoms with Crippen LogP contribution >= 0.6 is 0 Å². The molecule has 2 atom stereocenters. The van der Waals surface area contributed by atoms with Crippen LogP contribution in [0.4, 0.5) is 8.78 Å². The first-order valence-electron chi connectivity index (χ1n) is 11.8. The molecule has 2 aromatic carbocycles. The quantitative estimate of drug-likeness (QED) is 0.426. The van der Waals surface area contributed by atoms with Crippen molar-refractivity contribution >= 4 is 16.4 Å². The predicted molar refractivity (Wildman–Crippen MR) is 131 cm³/mol. The number of fused-ring (bicyclic) bond motifs is 2. The smallest absolute Gasteiger partial charge is 0.337 e. The molecule has 1 aliphatic heterocycles. The van der Waals surface area contributed by atoms with Gasteiger partial charge in [-0.25, -0.2) is 18.3 Å². The average Bonchev–Trinajstić information content (AvgIpc) is 3.35. The van der Waals surface area contributed by atoms with Crippen LogP contribution in [-0.2, 0) is 0 Å². The number of likely N-dealkylation sites (tertiary alicyclic amines) is 1. The highest BCUT2D eigenvalue weighted by atomic mass is 19.3. The maximum Gasteiger partial charge on any atom is 0.337 e. The SMILES string of the molecule is CN1CC(F)(F)CC1COc1nc(OC(C)(C)C)c2ncc(C(O)c3cccc4ccccc34)n2n1. The second-order valence-electron chi connectivity index (χ2n) is 10.2. The van der Waals surface area contributed by atoms with Gasteiger partial charge in [0.25, 0.3) is 11.8 Å². The number of aliphatic hydroxyl groups is 1. The van der Waals surface area contributed by atoms with Crippen molar-refractivity contribution in [2.24, 2.45) is 0 Å². The van der Waals surface area contributed by atoms with Gasteiger partial charge in [-0.2, -0.15) is 4.98 Å². The average molecular weight is 498 g/mol. The molecular formula is C26H29F2N5O3. The van der Waals surface area contributed by atoms with Gasteiger partial charge in [-0.15, -0.1) is 5.10 Å². The highest BCUT2D eigenvalue weighted by Crippen LogP contribution is 2.33. The molecule has 0 amide bonds. The summed E-state index contributed by atoms with van der Waals surface area (Å²) < 4.78 is 40.9. The summed E-state index contributed by atoms with van der Waals surface area (Å²) in [4.78, 5) is 10.4. The van der Waals surface area contributed by atoms with Gasteiger partial charge >= 0.3 is 6.01 Å². The summed E-state index contributed by atoms with van der Waals surface area (Å²) in [5.41, 5.74) is 0.817. The van der Waals surface area contributed by atoms with Crippen LogP contribution in [0.3, 0.4) is 0 Å². The Morgan fingerprint density at radius 2 is 1.92 bits per heavy atom. The summed E-state index contributed by atoms with van der Waals surface area (Å²) in [6, 6.07) is 13.0. The van der Waals surface area contributed by atoms with Crippen molar-refractivity contribution in [3.05, 3.63) is 59.9 Å². The van der Waals surface area contributed by atoms with Gasteiger partial charge < -0.3 is 14.6 Å². The molecule has 0 radical (unpaired) electrons. The van der Waals surface area contributed by atoms with Crippen LogP contribution in [0, 0.1) is 0 Å². The lowest BCUT2D eigenvalue weighted by Gasteiger charge is -2.22. The number of aliphatic hydroxyl groups excluding tert-OH is 1. The number of aromatic nitrogens is 4. The van der Waals surface area contributed by atoms with E-state index in [4.69, 9.17) is 9.47 Å². The first-order chi connectivity index (χ1) is 17.0. The van der Waals surface area contributed by atoms with Crippen molar-refractivity contribution in [3.8, 4) is 11.9 Å². The lowest BCUT2D eigenvalue weighted by molar-refractivity contribution is 0.0136. The van der Waals surface area contributed by atoms with Crippen molar-refractivity contribution < 1.29 is 23.4 Å². The van der Waals surface area contributed by atoms with E-state index in [9.17, 15) is 13.9 Å². The first-order valence-corrected chi connectivity index (χ1v) is 11.8. The minimum atomic E-state index is -2.76. The third-order valence-corrected chi connectivity index (χ3v) is 6.18. The molecule has 0 aliphatic carbocycles. The fourth-order valence-electron chi connectivity index (χ4n) is 4.52. The number of likely N-dealkylation sites (N-methyl/N-ethyl adjacent to an activating group) is 1. The summed E-state index contributed by atoms with van der Waals surface area (Å²) in [6.07, 6.45) is 0.185. The zero-order valence-corrected chi connectivity index (χ0v) is 20.7. The molecule has 0 bridgehead atoms. The molecule has 10 heteroatoms. The van der Waals surface area contributed by atoms with E-state index >= 15 is 0 Å². The standard InChI is InChI=1S/C26H29F2N5O3/c1-25(2,3)36-23-22-29-13-20(21(34)19-11-7-9-16-8-5-6-10-18(16)19)33(22)31-24(30-23)35-14-17-12-26(27,28)15-32(17)4/h5-11,13,17,21,34H,12,14-15H2,1-4H3. The minimum absolute atomic E-state index is 0.0114. The number of hydrogen-bond acceptors (Lipinski definition) is 7. The molecule has 1 saturated heterocycles. The Labute approximate surface area is 207 Å². The Morgan fingerprint density at radius 1 is 1.17 bits per heavy atom. The number of halogens is 2. The van der Waals surface area contributed by atoms with Crippen molar-refractivity contribution in [1.29, 1.82) is 0 Å². The fraction of sp³-hybridized carbons (Fsp3) is 0.423. The number of nitrogens with zero attached hydrogens (tertiary/aromatic N) is 5. The lowest BCUT2D eigenvalue weighted by Crippen LogP contribution is -2.31. The molecule has 1 fully saturated rings. The highest BCUT2D eigenvalue weighted by molar-refractivity contribution is 5.86. The van der Waals surface area contributed by atoms with Crippen molar-refractivity contribution in [1.82, 2.24) is 24.5 Å². The van der Waals surface area contributed by atoms with E-state index in [0.29, 0.717) is 16.9 Å². The molecule has 4 aromatic rings. The summed E-state index contributed by atoms with van der Waals surface area (Å²) in [5, 5.41) is 17.7. The molecule has 8 nitrogen and oxygen atoms in total. The van der Waals surface area contributed by atoms with Gasteiger partial charge in [0.1, 0.15) is 18.3 Å². The van der Waals surface area contributed by atoms with Crippen LogP contribution in [0.25, 0.3) is 16.4 Å². The molecule has 190 valence electrons. The largest absolute Gasteiger partial charge is 0.469 e. The van der Waals surface area contributed by atoms with Gasteiger partial charge in [-0.3, -0.25) is 4.90 Å². The first kappa shape index (κ1) is 24.3. The van der Waals surface area contributed by atoms with Crippen LogP contribution in [0.15, 0.2) is 48.7 Å². The minimum Gasteiger partial charge on any atom is -0.469 e. The molecule has 36 heavy (non-hydrogen) atoms. The zero-order valence-electron chi connectivity index (χ0n) is 20.7. The van der Waals surface area contributed by atoms with Crippen molar-refractivity contribution in [2.75, 3.05) is 20.2 Å². The molecule has 1 N–H and O–H groups in total. The van der Waals surface area contributed by atoms with Crippen LogP contribution in [-0.4, -0.2) is 67.4 Å². The molecule has 2 aromatic heterocycles. The van der Waals surface area contributed by atoms with Crippen LogP contribution in [0.5, 0.6) is 11.9 Å². The Morgan fingerprint density at radius 3 is 2.64 bits per heavy atom. The number of alkyl halides is 2. The monoisotopic (exact) mass is 497 g/mol. The van der Waals surface area contributed by atoms with Gasteiger partial charge in [0.05, 0.1) is 18.4 Å². The zero-order chi connectivity index (χ0) is 25.7. The molecule has 2 unspecified atom stereocenters. The second kappa shape index (κ2) is 8.94. The normalized spacial score (nSPS) is 19.1. The van der Waals surface area contributed by atoms with Gasteiger partial charge in [0, 0.05) is 12.5 Å². The Hall–Kier alpha value is -3.37. The third kappa shape index (κ3) is 4.83. The summed E-state index contributed by atoms with van der Waals surface area (Å²) in [6.45, 7) is 5.29. The maximum atomic E-state index is 13.8. The third-order valence-electron chi connectivity index (χ3n) is 6.18. The topological polar surface area (TPSA) is 85.0 Å². The molecule has 3 heterocycles. The number of ether oxygens (including phenoxy) is 2. The van der Waals surface area contributed by atoms with Crippen molar-refractivity contribution in [3.63, 3.8) is 0 Å². The van der Waals surface area contributed by atoms with Crippen LogP contribution in [0.2, 0.25) is 0 Å². The van der Waals surface area contributed by atoms with Crippen LogP contribution < -0.4 is 9.47 Å². The maximum absolute atomic E-state index is 13.8. The fourth-order valence-corrected chi connectivity index (χ4v) is 4.52. The van der Waals surface area contributed by atoms with E-state index < -0.39 is 23.7 Å². The highest BCUT2D eigenvalue weighted by Gasteiger charge is 2.43. The van der Waals surface area contributed by atoms with Crippen molar-refractivity contribution in [2.45, 2.75) is 50.9 Å². The predicted octanol–water partition coefficient (Wildman–Crippen LogP) is 4.25. The number of imidazole rings is 1. The molecule has 0 spiro atoms. The van der Waals surface area contributed by atoms with Gasteiger partial charge in [0.2, 0.25) is 5.65 Å². The number of hydrogen-bond donors (Lipinski definition) is 1. The van der Waals surface area contributed by atoms with E-state index in [1.54, 1.807) is 11.9 Å². The van der Waals surface area contributed by atoms with E-state index in [-0.39, 0.29) is 31.5 Å². The Balaban J connectivity index is 1.53.